The van der Waals surface area contributed by atoms with Crippen molar-refractivity contribution in [2.45, 2.75) is 6.92 Å². The van der Waals surface area contributed by atoms with Crippen molar-refractivity contribution in [1.29, 1.82) is 0 Å². The fourth-order valence-electron chi connectivity index (χ4n) is 0.792. The van der Waals surface area contributed by atoms with Gasteiger partial charge in [-0.05, 0) is 24.5 Å². The van der Waals surface area contributed by atoms with E-state index in [9.17, 15) is 5.11 Å². The van der Waals surface area contributed by atoms with Crippen molar-refractivity contribution < 1.29 is 5.11 Å². The lowest BCUT2D eigenvalue weighted by Crippen LogP contribution is -1.94. The smallest absolute Gasteiger partial charge is 0.157 e. The Labute approximate surface area is 64.9 Å². The number of nitrogens with zero attached hydrogens (tertiary/aromatic N) is 1. The maximum atomic E-state index is 9.26. The number of nitrogen functional groups attached to an aromatic ring is 1. The zero-order chi connectivity index (χ0) is 8.43. The molecule has 3 heteroatoms. The van der Waals surface area contributed by atoms with Crippen molar-refractivity contribution in [3.63, 3.8) is 0 Å². The van der Waals surface area contributed by atoms with Gasteiger partial charge in [0.2, 0.25) is 0 Å². The minimum atomic E-state index is 0.0294. The number of aryl methyl sites for hydroxylation is 1. The van der Waals surface area contributed by atoms with Gasteiger partial charge in [0.05, 0.1) is 0 Å². The Kier molecular flexibility index (Phi) is 1.69. The molecule has 11 heavy (non-hydrogen) atoms. The predicted molar refractivity (Wildman–Crippen MR) is 43.0 cm³/mol. The molecule has 1 aromatic heterocycles. The van der Waals surface area contributed by atoms with Crippen LogP contribution in [0.25, 0.3) is 0 Å². The molecule has 0 atom stereocenters. The van der Waals surface area contributed by atoms with Gasteiger partial charge >= 0.3 is 0 Å². The van der Waals surface area contributed by atoms with Crippen molar-refractivity contribution in [2.24, 2.45) is 0 Å². The quantitative estimate of drug-likeness (QED) is 0.531. The molecule has 0 fully saturated rings. The van der Waals surface area contributed by atoms with Crippen LogP contribution in [0.3, 0.4) is 0 Å². The summed E-state index contributed by atoms with van der Waals surface area (Å²) in [6.07, 6.45) is 5.06. The second-order valence-electron chi connectivity index (χ2n) is 2.21. The third kappa shape index (κ3) is 1.24. The van der Waals surface area contributed by atoms with Gasteiger partial charge in [0.25, 0.3) is 0 Å². The number of aromatic hydroxyl groups is 1. The van der Waals surface area contributed by atoms with E-state index in [4.69, 9.17) is 12.2 Å². The molecule has 56 valence electrons. The molecule has 0 bridgehead atoms. The second-order valence-corrected chi connectivity index (χ2v) is 2.21. The van der Waals surface area contributed by atoms with Gasteiger partial charge in [-0.2, -0.15) is 0 Å². The Morgan fingerprint density at radius 2 is 2.36 bits per heavy atom. The van der Waals surface area contributed by atoms with Crippen LogP contribution in [0.1, 0.15) is 11.3 Å². The Bertz CT molecular complexity index is 326. The largest absolute Gasteiger partial charge is 0.505 e. The van der Waals surface area contributed by atoms with Crippen LogP contribution < -0.4 is 5.73 Å². The van der Waals surface area contributed by atoms with Crippen molar-refractivity contribution >= 4 is 5.82 Å². The van der Waals surface area contributed by atoms with Gasteiger partial charge in [-0.25, -0.2) is 4.98 Å². The minimum Gasteiger partial charge on any atom is -0.505 e. The van der Waals surface area contributed by atoms with Crippen LogP contribution in [0, 0.1) is 19.3 Å². The standard InChI is InChI=1S/C8H8N2O/c1-3-6-8(11)5(2)4-7(9)10-6/h1,4,11H,2H3,(H2,9,10). The number of nitrogens with two attached hydrogens (primary N) is 1. The first kappa shape index (κ1) is 7.42. The first-order valence-electron chi connectivity index (χ1n) is 3.08. The van der Waals surface area contributed by atoms with E-state index in [0.29, 0.717) is 11.4 Å². The minimum absolute atomic E-state index is 0.0294. The average Bonchev–Trinajstić information content (AvgIpc) is 1.96. The molecule has 0 unspecified atom stereocenters. The summed E-state index contributed by atoms with van der Waals surface area (Å²) in [6.45, 7) is 1.72. The van der Waals surface area contributed by atoms with Crippen LogP contribution in [0.4, 0.5) is 5.82 Å². The van der Waals surface area contributed by atoms with Crippen LogP contribution in [0.5, 0.6) is 5.75 Å². The molecule has 0 spiro atoms. The van der Waals surface area contributed by atoms with E-state index in [-0.39, 0.29) is 11.4 Å². The normalized spacial score (nSPS) is 9.09. The van der Waals surface area contributed by atoms with Crippen molar-refractivity contribution in [1.82, 2.24) is 4.98 Å². The lowest BCUT2D eigenvalue weighted by Gasteiger charge is -2.01. The fourth-order valence-corrected chi connectivity index (χ4v) is 0.792. The number of aromatic nitrogens is 1. The first-order valence-corrected chi connectivity index (χ1v) is 3.08. The third-order valence-electron chi connectivity index (χ3n) is 1.34. The summed E-state index contributed by atoms with van der Waals surface area (Å²) >= 11 is 0. The van der Waals surface area contributed by atoms with Gasteiger partial charge in [-0.3, -0.25) is 0 Å². The SMILES string of the molecule is C#Cc1nc(N)cc(C)c1O. The molecule has 0 aliphatic heterocycles. The highest BCUT2D eigenvalue weighted by Crippen LogP contribution is 2.20. The van der Waals surface area contributed by atoms with Crippen molar-refractivity contribution in [2.75, 3.05) is 5.73 Å². The summed E-state index contributed by atoms with van der Waals surface area (Å²) in [5, 5.41) is 9.26. The summed E-state index contributed by atoms with van der Waals surface area (Å²) in [5.41, 5.74) is 6.23. The highest BCUT2D eigenvalue weighted by molar-refractivity contribution is 5.49. The molecule has 0 aliphatic carbocycles. The number of anilines is 1. The van der Waals surface area contributed by atoms with E-state index in [2.05, 4.69) is 10.9 Å². The Morgan fingerprint density at radius 1 is 1.73 bits per heavy atom. The van der Waals surface area contributed by atoms with Gasteiger partial charge < -0.3 is 10.8 Å². The average molecular weight is 148 g/mol. The molecule has 3 nitrogen and oxygen atoms in total. The van der Waals surface area contributed by atoms with Gasteiger partial charge in [0, 0.05) is 0 Å². The molecule has 1 aromatic rings. The van der Waals surface area contributed by atoms with E-state index >= 15 is 0 Å². The number of terminal acetylenes is 1. The van der Waals surface area contributed by atoms with E-state index < -0.39 is 0 Å². The molecular weight excluding hydrogens is 140 g/mol. The Morgan fingerprint density at radius 3 is 2.91 bits per heavy atom. The van der Waals surface area contributed by atoms with Crippen LogP contribution >= 0.6 is 0 Å². The van der Waals surface area contributed by atoms with E-state index in [1.54, 1.807) is 13.0 Å². The Hall–Kier alpha value is -1.69. The third-order valence-corrected chi connectivity index (χ3v) is 1.34. The Balaban J connectivity index is 3.39. The molecule has 0 radical (unpaired) electrons. The number of hydrogen-bond donors (Lipinski definition) is 2. The number of pyridine rings is 1. The summed E-state index contributed by atoms with van der Waals surface area (Å²) in [4.78, 5) is 3.74. The summed E-state index contributed by atoms with van der Waals surface area (Å²) in [7, 11) is 0. The molecule has 0 aliphatic rings. The molecular formula is C8H8N2O. The van der Waals surface area contributed by atoms with E-state index in [0.717, 1.165) is 0 Å². The fraction of sp³-hybridized carbons (Fsp3) is 0.125. The monoisotopic (exact) mass is 148 g/mol. The second kappa shape index (κ2) is 2.51. The maximum absolute atomic E-state index is 9.26. The van der Waals surface area contributed by atoms with E-state index in [1.165, 1.54) is 0 Å². The van der Waals surface area contributed by atoms with Crippen LogP contribution in [0.2, 0.25) is 0 Å². The summed E-state index contributed by atoms with van der Waals surface area (Å²) in [6, 6.07) is 1.57. The number of hydrogen-bond acceptors (Lipinski definition) is 3. The van der Waals surface area contributed by atoms with Gasteiger partial charge in [0.15, 0.2) is 11.4 Å². The summed E-state index contributed by atoms with van der Waals surface area (Å²) in [5.74, 6) is 2.59. The lowest BCUT2D eigenvalue weighted by molar-refractivity contribution is 0.467. The van der Waals surface area contributed by atoms with Crippen molar-refractivity contribution in [3.8, 4) is 18.1 Å². The maximum Gasteiger partial charge on any atom is 0.157 e. The van der Waals surface area contributed by atoms with Gasteiger partial charge in [0.1, 0.15) is 5.82 Å². The molecule has 0 saturated heterocycles. The highest BCUT2D eigenvalue weighted by Gasteiger charge is 2.03. The molecule has 1 heterocycles. The van der Waals surface area contributed by atoms with Crippen LogP contribution in [-0.2, 0) is 0 Å². The van der Waals surface area contributed by atoms with Crippen LogP contribution in [0.15, 0.2) is 6.07 Å². The molecule has 0 saturated carbocycles. The molecule has 0 amide bonds. The lowest BCUT2D eigenvalue weighted by atomic mass is 10.2. The topological polar surface area (TPSA) is 59.1 Å². The molecule has 0 aromatic carbocycles. The molecule has 1 rings (SSSR count). The summed E-state index contributed by atoms with van der Waals surface area (Å²) < 4.78 is 0. The van der Waals surface area contributed by atoms with E-state index in [1.807, 2.05) is 0 Å². The number of rotatable bonds is 0. The van der Waals surface area contributed by atoms with Gasteiger partial charge in [-0.15, -0.1) is 6.42 Å². The predicted octanol–water partition coefficient (Wildman–Crippen LogP) is 0.659. The van der Waals surface area contributed by atoms with Gasteiger partial charge in [-0.1, -0.05) is 0 Å². The first-order chi connectivity index (χ1) is 5.15. The highest BCUT2D eigenvalue weighted by atomic mass is 16.3. The van der Waals surface area contributed by atoms with Crippen LogP contribution in [-0.4, -0.2) is 10.1 Å². The zero-order valence-corrected chi connectivity index (χ0v) is 6.13. The van der Waals surface area contributed by atoms with Crippen molar-refractivity contribution in [3.05, 3.63) is 17.3 Å². The molecule has 3 N–H and O–H groups in total. The zero-order valence-electron chi connectivity index (χ0n) is 6.13.